The van der Waals surface area contributed by atoms with Crippen LogP contribution in [0.15, 0.2) is 53.7 Å². The van der Waals surface area contributed by atoms with Crippen molar-refractivity contribution in [2.24, 2.45) is 5.16 Å². The first kappa shape index (κ1) is 22.5. The SMILES string of the molecule is C/C=C/COc1cc(C)c(OCOCc2ccc(CC/C=N/OC)cc2)c(C)c1. The fraction of sp³-hybridized carbons (Fsp3) is 0.375. The van der Waals surface area contributed by atoms with Crippen molar-refractivity contribution < 1.29 is 19.0 Å². The summed E-state index contributed by atoms with van der Waals surface area (Å²) in [5.41, 5.74) is 4.44. The van der Waals surface area contributed by atoms with Crippen molar-refractivity contribution in [1.82, 2.24) is 0 Å². The Bertz CT molecular complexity index is 774. The predicted octanol–water partition coefficient (Wildman–Crippen LogP) is 5.38. The third-order valence-corrected chi connectivity index (χ3v) is 4.34. The third-order valence-electron chi connectivity index (χ3n) is 4.34. The van der Waals surface area contributed by atoms with Crippen LogP contribution in [0.25, 0.3) is 0 Å². The summed E-state index contributed by atoms with van der Waals surface area (Å²) in [5.74, 6) is 1.69. The molecule has 0 aromatic heterocycles. The Morgan fingerprint density at radius 1 is 0.966 bits per heavy atom. The van der Waals surface area contributed by atoms with Gasteiger partial charge in [0.2, 0.25) is 0 Å². The molecule has 0 aliphatic heterocycles. The second-order valence-electron chi connectivity index (χ2n) is 6.70. The minimum Gasteiger partial charge on any atom is -0.490 e. The second-order valence-corrected chi connectivity index (χ2v) is 6.70. The molecule has 0 saturated carbocycles. The van der Waals surface area contributed by atoms with Crippen LogP contribution >= 0.6 is 0 Å². The van der Waals surface area contributed by atoms with Crippen LogP contribution < -0.4 is 9.47 Å². The Labute approximate surface area is 173 Å². The van der Waals surface area contributed by atoms with E-state index in [-0.39, 0.29) is 6.79 Å². The maximum Gasteiger partial charge on any atom is 0.189 e. The summed E-state index contributed by atoms with van der Waals surface area (Å²) in [7, 11) is 1.55. The highest BCUT2D eigenvalue weighted by Gasteiger charge is 2.07. The topological polar surface area (TPSA) is 49.3 Å². The summed E-state index contributed by atoms with van der Waals surface area (Å²) in [6, 6.07) is 12.4. The molecule has 2 rings (SSSR count). The predicted molar refractivity (Wildman–Crippen MR) is 117 cm³/mol. The molecular weight excluding hydrogens is 366 g/mol. The first-order chi connectivity index (χ1) is 14.1. The van der Waals surface area contributed by atoms with Gasteiger partial charge >= 0.3 is 0 Å². The van der Waals surface area contributed by atoms with Crippen molar-refractivity contribution in [3.63, 3.8) is 0 Å². The molecule has 0 saturated heterocycles. The van der Waals surface area contributed by atoms with Gasteiger partial charge < -0.3 is 19.0 Å². The molecule has 0 radical (unpaired) electrons. The van der Waals surface area contributed by atoms with Crippen molar-refractivity contribution >= 4 is 6.21 Å². The molecule has 0 amide bonds. The Hall–Kier alpha value is -2.79. The summed E-state index contributed by atoms with van der Waals surface area (Å²) in [6.07, 6.45) is 7.52. The summed E-state index contributed by atoms with van der Waals surface area (Å²) in [4.78, 5) is 4.66. The maximum absolute atomic E-state index is 5.85. The molecule has 0 aliphatic rings. The van der Waals surface area contributed by atoms with E-state index in [0.717, 1.165) is 41.0 Å². The monoisotopic (exact) mass is 397 g/mol. The van der Waals surface area contributed by atoms with Gasteiger partial charge in [-0.3, -0.25) is 0 Å². The summed E-state index contributed by atoms with van der Waals surface area (Å²) in [5, 5.41) is 3.74. The number of allylic oxidation sites excluding steroid dienone is 1. The summed E-state index contributed by atoms with van der Waals surface area (Å²) < 4.78 is 17.3. The van der Waals surface area contributed by atoms with Gasteiger partial charge in [-0.15, -0.1) is 0 Å². The van der Waals surface area contributed by atoms with Gasteiger partial charge in [0.25, 0.3) is 0 Å². The Kier molecular flexibility index (Phi) is 9.80. The van der Waals surface area contributed by atoms with Crippen LogP contribution in [0, 0.1) is 13.8 Å². The zero-order valence-electron chi connectivity index (χ0n) is 17.8. The molecule has 0 unspecified atom stereocenters. The molecule has 0 aliphatic carbocycles. The molecule has 0 atom stereocenters. The van der Waals surface area contributed by atoms with Crippen LogP contribution in [0.2, 0.25) is 0 Å². The van der Waals surface area contributed by atoms with Gasteiger partial charge in [-0.05, 0) is 68.0 Å². The summed E-state index contributed by atoms with van der Waals surface area (Å²) in [6.45, 7) is 7.29. The van der Waals surface area contributed by atoms with Gasteiger partial charge in [0.05, 0.1) is 6.61 Å². The fourth-order valence-electron chi connectivity index (χ4n) is 2.88. The zero-order valence-corrected chi connectivity index (χ0v) is 17.8. The second kappa shape index (κ2) is 12.6. The average molecular weight is 398 g/mol. The number of ether oxygens (including phenoxy) is 3. The molecule has 29 heavy (non-hydrogen) atoms. The number of aryl methyl sites for hydroxylation is 3. The van der Waals surface area contributed by atoms with E-state index in [0.29, 0.717) is 13.2 Å². The van der Waals surface area contributed by atoms with Gasteiger partial charge in [0, 0.05) is 6.21 Å². The number of oxime groups is 1. The lowest BCUT2D eigenvalue weighted by atomic mass is 10.1. The minimum absolute atomic E-state index is 0.204. The molecule has 5 nitrogen and oxygen atoms in total. The van der Waals surface area contributed by atoms with Crippen molar-refractivity contribution in [2.75, 3.05) is 20.5 Å². The molecule has 156 valence electrons. The van der Waals surface area contributed by atoms with Gasteiger partial charge in [0.15, 0.2) is 6.79 Å². The minimum atomic E-state index is 0.204. The highest BCUT2D eigenvalue weighted by Crippen LogP contribution is 2.28. The number of rotatable bonds is 12. The lowest BCUT2D eigenvalue weighted by Crippen LogP contribution is -2.06. The Morgan fingerprint density at radius 2 is 1.66 bits per heavy atom. The van der Waals surface area contributed by atoms with Crippen molar-refractivity contribution in [3.8, 4) is 11.5 Å². The first-order valence-corrected chi connectivity index (χ1v) is 9.82. The molecule has 0 fully saturated rings. The van der Waals surface area contributed by atoms with Gasteiger partial charge in [-0.25, -0.2) is 0 Å². The number of hydrogen-bond donors (Lipinski definition) is 0. The molecule has 2 aromatic carbocycles. The lowest BCUT2D eigenvalue weighted by Gasteiger charge is -2.14. The largest absolute Gasteiger partial charge is 0.490 e. The van der Waals surface area contributed by atoms with Crippen LogP contribution in [-0.2, 0) is 22.6 Å². The molecule has 5 heteroatoms. The highest BCUT2D eigenvalue weighted by molar-refractivity contribution is 5.56. The smallest absolute Gasteiger partial charge is 0.189 e. The molecule has 0 heterocycles. The molecular formula is C24H31NO4. The summed E-state index contributed by atoms with van der Waals surface area (Å²) >= 11 is 0. The average Bonchev–Trinajstić information content (AvgIpc) is 2.71. The van der Waals surface area contributed by atoms with E-state index >= 15 is 0 Å². The van der Waals surface area contributed by atoms with Crippen LogP contribution in [0.1, 0.15) is 35.6 Å². The van der Waals surface area contributed by atoms with E-state index in [1.807, 2.05) is 45.1 Å². The molecule has 0 bridgehead atoms. The van der Waals surface area contributed by atoms with Crippen LogP contribution in [0.5, 0.6) is 11.5 Å². The van der Waals surface area contributed by atoms with E-state index in [4.69, 9.17) is 14.2 Å². The third kappa shape index (κ3) is 8.00. The van der Waals surface area contributed by atoms with E-state index in [1.54, 1.807) is 13.3 Å². The lowest BCUT2D eigenvalue weighted by molar-refractivity contribution is 0.00427. The number of nitrogens with zero attached hydrogens (tertiary/aromatic N) is 1. The first-order valence-electron chi connectivity index (χ1n) is 9.82. The van der Waals surface area contributed by atoms with Crippen molar-refractivity contribution in [2.45, 2.75) is 40.2 Å². The number of hydrogen-bond acceptors (Lipinski definition) is 5. The van der Waals surface area contributed by atoms with E-state index in [1.165, 1.54) is 5.56 Å². The molecule has 0 spiro atoms. The van der Waals surface area contributed by atoms with Crippen LogP contribution in [0.4, 0.5) is 0 Å². The van der Waals surface area contributed by atoms with E-state index in [2.05, 4.69) is 34.3 Å². The fourth-order valence-corrected chi connectivity index (χ4v) is 2.88. The molecule has 2 aromatic rings. The maximum atomic E-state index is 5.85. The normalized spacial score (nSPS) is 11.3. The van der Waals surface area contributed by atoms with Crippen LogP contribution in [0.3, 0.4) is 0 Å². The van der Waals surface area contributed by atoms with Gasteiger partial charge in [-0.2, -0.15) is 0 Å². The van der Waals surface area contributed by atoms with Crippen molar-refractivity contribution in [1.29, 1.82) is 0 Å². The standard InChI is InChI=1S/C24H31NO4/c1-5-6-14-28-23-15-19(2)24(20(3)16-23)29-18-27-17-22-11-9-21(10-12-22)8-7-13-25-26-4/h5-6,9-13,15-16H,7-8,14,17-18H2,1-4H3/b6-5+,25-13+. The van der Waals surface area contributed by atoms with Crippen LogP contribution in [-0.4, -0.2) is 26.7 Å². The molecule has 0 N–H and O–H groups in total. The quantitative estimate of drug-likeness (QED) is 0.159. The zero-order chi connectivity index (χ0) is 20.9. The van der Waals surface area contributed by atoms with Gasteiger partial charge in [-0.1, -0.05) is 41.6 Å². The number of benzene rings is 2. The van der Waals surface area contributed by atoms with Crippen molar-refractivity contribution in [3.05, 3.63) is 70.8 Å². The highest BCUT2D eigenvalue weighted by atomic mass is 16.7. The van der Waals surface area contributed by atoms with E-state index in [9.17, 15) is 0 Å². The Morgan fingerprint density at radius 3 is 2.31 bits per heavy atom. The van der Waals surface area contributed by atoms with E-state index < -0.39 is 0 Å². The Balaban J connectivity index is 1.77. The van der Waals surface area contributed by atoms with Gasteiger partial charge in [0.1, 0.15) is 25.2 Å².